The summed E-state index contributed by atoms with van der Waals surface area (Å²) in [6, 6.07) is 0. The minimum Gasteiger partial charge on any atom is -0.396 e. The molecule has 0 aromatic rings. The lowest BCUT2D eigenvalue weighted by Crippen LogP contribution is -2.28. The monoisotopic (exact) mass is 160 g/mol. The molecule has 0 radical (unpaired) electrons. The van der Waals surface area contributed by atoms with Gasteiger partial charge in [0.2, 0.25) is 0 Å². The molecule has 1 aliphatic heterocycles. The summed E-state index contributed by atoms with van der Waals surface area (Å²) in [5.74, 6) is 0. The Labute approximate surface area is 67.0 Å². The molecule has 0 amide bonds. The fourth-order valence-corrected chi connectivity index (χ4v) is 1.39. The summed E-state index contributed by atoms with van der Waals surface area (Å²) in [5.41, 5.74) is 0. The molecule has 0 aromatic heterocycles. The van der Waals surface area contributed by atoms with Gasteiger partial charge in [-0.25, -0.2) is 0 Å². The molecule has 11 heavy (non-hydrogen) atoms. The lowest BCUT2D eigenvalue weighted by atomic mass is 10.1. The summed E-state index contributed by atoms with van der Waals surface area (Å²) in [4.78, 5) is 0. The second kappa shape index (κ2) is 4.70. The van der Waals surface area contributed by atoms with E-state index in [2.05, 4.69) is 0 Å². The van der Waals surface area contributed by atoms with Crippen molar-refractivity contribution in [2.24, 2.45) is 0 Å². The van der Waals surface area contributed by atoms with E-state index in [0.29, 0.717) is 6.42 Å². The van der Waals surface area contributed by atoms with Crippen LogP contribution >= 0.6 is 0 Å². The van der Waals surface area contributed by atoms with Crippen LogP contribution in [-0.4, -0.2) is 35.6 Å². The molecule has 3 heteroatoms. The zero-order valence-corrected chi connectivity index (χ0v) is 6.70. The first-order chi connectivity index (χ1) is 5.34. The van der Waals surface area contributed by atoms with Crippen LogP contribution < -0.4 is 0 Å². The Kier molecular flexibility index (Phi) is 3.83. The highest BCUT2D eigenvalue weighted by Crippen LogP contribution is 2.15. The summed E-state index contributed by atoms with van der Waals surface area (Å²) in [5, 5.41) is 18.1. The van der Waals surface area contributed by atoms with Crippen molar-refractivity contribution in [1.82, 2.24) is 0 Å². The van der Waals surface area contributed by atoms with Crippen LogP contribution in [0.3, 0.4) is 0 Å². The third-order valence-corrected chi connectivity index (χ3v) is 2.07. The lowest BCUT2D eigenvalue weighted by Gasteiger charge is -2.18. The minimum absolute atomic E-state index is 0.0989. The van der Waals surface area contributed by atoms with Crippen molar-refractivity contribution < 1.29 is 14.9 Å². The molecule has 0 unspecified atom stereocenters. The highest BCUT2D eigenvalue weighted by atomic mass is 16.5. The summed E-state index contributed by atoms with van der Waals surface area (Å²) in [6.45, 7) is 0.823. The van der Waals surface area contributed by atoms with Crippen LogP contribution in [0.2, 0.25) is 0 Å². The molecule has 1 heterocycles. The number of ether oxygens (including phenoxy) is 1. The van der Waals surface area contributed by atoms with E-state index in [4.69, 9.17) is 9.84 Å². The van der Waals surface area contributed by atoms with E-state index in [1.807, 2.05) is 0 Å². The Hall–Kier alpha value is -0.120. The van der Waals surface area contributed by atoms with Gasteiger partial charge in [-0.15, -0.1) is 0 Å². The molecular formula is C8H16O3. The van der Waals surface area contributed by atoms with Gasteiger partial charge in [0.25, 0.3) is 0 Å². The molecule has 0 aliphatic carbocycles. The van der Waals surface area contributed by atoms with Crippen LogP contribution in [0.5, 0.6) is 0 Å². The van der Waals surface area contributed by atoms with Crippen LogP contribution in [0.25, 0.3) is 0 Å². The number of hydrogen-bond acceptors (Lipinski definition) is 3. The van der Waals surface area contributed by atoms with Gasteiger partial charge in [0.15, 0.2) is 0 Å². The van der Waals surface area contributed by atoms with Crippen molar-refractivity contribution >= 4 is 0 Å². The Morgan fingerprint density at radius 2 is 2.18 bits per heavy atom. The van der Waals surface area contributed by atoms with Crippen LogP contribution in [0.4, 0.5) is 0 Å². The van der Waals surface area contributed by atoms with E-state index in [-0.39, 0.29) is 18.8 Å². The van der Waals surface area contributed by atoms with Gasteiger partial charge in [0.1, 0.15) is 0 Å². The number of rotatable bonds is 2. The lowest BCUT2D eigenvalue weighted by molar-refractivity contribution is -0.0363. The van der Waals surface area contributed by atoms with Crippen molar-refractivity contribution in [2.75, 3.05) is 13.2 Å². The Bertz CT molecular complexity index is 106. The van der Waals surface area contributed by atoms with Gasteiger partial charge in [-0.1, -0.05) is 0 Å². The molecule has 3 nitrogen and oxygen atoms in total. The maximum atomic E-state index is 9.44. The van der Waals surface area contributed by atoms with Gasteiger partial charge < -0.3 is 14.9 Å². The molecule has 1 saturated heterocycles. The van der Waals surface area contributed by atoms with E-state index >= 15 is 0 Å². The molecule has 2 atom stereocenters. The van der Waals surface area contributed by atoms with Gasteiger partial charge >= 0.3 is 0 Å². The molecule has 0 saturated carbocycles. The van der Waals surface area contributed by atoms with Gasteiger partial charge in [0.05, 0.1) is 12.2 Å². The topological polar surface area (TPSA) is 49.7 Å². The SMILES string of the molecule is OCC[C@H]1OCCCC[C@H]1O. The van der Waals surface area contributed by atoms with Crippen molar-refractivity contribution in [3.63, 3.8) is 0 Å². The maximum absolute atomic E-state index is 9.44. The Balaban J connectivity index is 2.32. The number of aliphatic hydroxyl groups is 2. The highest BCUT2D eigenvalue weighted by molar-refractivity contribution is 4.71. The summed E-state index contributed by atoms with van der Waals surface area (Å²) in [6.07, 6.45) is 2.92. The van der Waals surface area contributed by atoms with Crippen LogP contribution in [0, 0.1) is 0 Å². The summed E-state index contributed by atoms with van der Waals surface area (Å²) >= 11 is 0. The van der Waals surface area contributed by atoms with Crippen LogP contribution in [0.1, 0.15) is 25.7 Å². The van der Waals surface area contributed by atoms with E-state index in [0.717, 1.165) is 25.9 Å². The average Bonchev–Trinajstić information content (AvgIpc) is 2.18. The molecular weight excluding hydrogens is 144 g/mol. The zero-order chi connectivity index (χ0) is 8.10. The molecule has 0 aromatic carbocycles. The molecule has 1 aliphatic rings. The van der Waals surface area contributed by atoms with Gasteiger partial charge in [0, 0.05) is 13.2 Å². The first kappa shape index (κ1) is 8.97. The summed E-state index contributed by atoms with van der Waals surface area (Å²) < 4.78 is 5.35. The van der Waals surface area contributed by atoms with Crippen LogP contribution in [-0.2, 0) is 4.74 Å². The second-order valence-electron chi connectivity index (χ2n) is 2.98. The van der Waals surface area contributed by atoms with E-state index < -0.39 is 0 Å². The standard InChI is InChI=1S/C8H16O3/c9-5-4-8-7(10)3-1-2-6-11-8/h7-10H,1-6H2/t7-,8-/m1/s1. The second-order valence-corrected chi connectivity index (χ2v) is 2.98. The highest BCUT2D eigenvalue weighted by Gasteiger charge is 2.21. The van der Waals surface area contributed by atoms with Crippen molar-refractivity contribution in [3.05, 3.63) is 0 Å². The van der Waals surface area contributed by atoms with Crippen molar-refractivity contribution in [1.29, 1.82) is 0 Å². The molecule has 66 valence electrons. The molecule has 0 bridgehead atoms. The number of hydrogen-bond donors (Lipinski definition) is 2. The third kappa shape index (κ3) is 2.77. The first-order valence-electron chi connectivity index (χ1n) is 4.25. The minimum atomic E-state index is -0.371. The van der Waals surface area contributed by atoms with Crippen molar-refractivity contribution in [2.45, 2.75) is 37.9 Å². The number of aliphatic hydroxyl groups excluding tert-OH is 2. The molecule has 0 spiro atoms. The zero-order valence-electron chi connectivity index (χ0n) is 6.70. The molecule has 1 rings (SSSR count). The molecule has 2 N–H and O–H groups in total. The van der Waals surface area contributed by atoms with Gasteiger partial charge in [-0.05, 0) is 25.7 Å². The van der Waals surface area contributed by atoms with Gasteiger partial charge in [-0.2, -0.15) is 0 Å². The predicted octanol–water partition coefficient (Wildman–Crippen LogP) is 0.299. The smallest absolute Gasteiger partial charge is 0.0855 e. The Morgan fingerprint density at radius 1 is 1.36 bits per heavy atom. The summed E-state index contributed by atoms with van der Waals surface area (Å²) in [7, 11) is 0. The largest absolute Gasteiger partial charge is 0.396 e. The van der Waals surface area contributed by atoms with Crippen molar-refractivity contribution in [3.8, 4) is 0 Å². The van der Waals surface area contributed by atoms with E-state index in [1.54, 1.807) is 0 Å². The average molecular weight is 160 g/mol. The molecule has 1 fully saturated rings. The fourth-order valence-electron chi connectivity index (χ4n) is 1.39. The normalized spacial score (nSPS) is 33.3. The maximum Gasteiger partial charge on any atom is 0.0855 e. The predicted molar refractivity (Wildman–Crippen MR) is 41.3 cm³/mol. The van der Waals surface area contributed by atoms with E-state index in [9.17, 15) is 5.11 Å². The fraction of sp³-hybridized carbons (Fsp3) is 1.00. The quantitative estimate of drug-likeness (QED) is 0.610. The first-order valence-corrected chi connectivity index (χ1v) is 4.25. The van der Waals surface area contributed by atoms with Gasteiger partial charge in [-0.3, -0.25) is 0 Å². The third-order valence-electron chi connectivity index (χ3n) is 2.07. The Morgan fingerprint density at radius 3 is 2.91 bits per heavy atom. The van der Waals surface area contributed by atoms with Crippen LogP contribution in [0.15, 0.2) is 0 Å². The van der Waals surface area contributed by atoms with E-state index in [1.165, 1.54) is 0 Å².